The first-order valence-corrected chi connectivity index (χ1v) is 7.54. The van der Waals surface area contributed by atoms with Crippen LogP contribution in [0.15, 0.2) is 12.4 Å². The molecule has 0 bridgehead atoms. The van der Waals surface area contributed by atoms with Gasteiger partial charge in [0.2, 0.25) is 5.88 Å². The minimum absolute atomic E-state index is 0.576. The van der Waals surface area contributed by atoms with Crippen molar-refractivity contribution in [2.75, 3.05) is 24.6 Å². The number of carbonyl (C=O) groups is 1. The highest BCUT2D eigenvalue weighted by Gasteiger charge is 2.40. The van der Waals surface area contributed by atoms with Gasteiger partial charge in [0.25, 0.3) is 0 Å². The quantitative estimate of drug-likeness (QED) is 0.867. The molecule has 0 atom stereocenters. The number of hydrogen-bond donors (Lipinski definition) is 1. The van der Waals surface area contributed by atoms with Gasteiger partial charge >= 0.3 is 5.97 Å². The lowest BCUT2D eigenvalue weighted by Crippen LogP contribution is -2.44. The summed E-state index contributed by atoms with van der Waals surface area (Å²) in [5, 5.41) is 9.42. The lowest BCUT2D eigenvalue weighted by Gasteiger charge is -2.38. The van der Waals surface area contributed by atoms with Crippen LogP contribution < -0.4 is 9.64 Å². The molecule has 0 radical (unpaired) electrons. The second-order valence-electron chi connectivity index (χ2n) is 5.49. The molecule has 6 nitrogen and oxygen atoms in total. The summed E-state index contributed by atoms with van der Waals surface area (Å²) in [4.78, 5) is 21.9. The molecule has 0 spiro atoms. The second kappa shape index (κ2) is 6.74. The summed E-state index contributed by atoms with van der Waals surface area (Å²) in [6.07, 6.45) is 4.40. The highest BCUT2D eigenvalue weighted by atomic mass is 16.5. The zero-order valence-electron chi connectivity index (χ0n) is 12.7. The predicted molar refractivity (Wildman–Crippen MR) is 79.6 cm³/mol. The minimum Gasteiger partial charge on any atom is -0.481 e. The summed E-state index contributed by atoms with van der Waals surface area (Å²) >= 11 is 0. The number of anilines is 1. The van der Waals surface area contributed by atoms with Crippen molar-refractivity contribution in [3.63, 3.8) is 0 Å². The molecule has 1 saturated heterocycles. The lowest BCUT2D eigenvalue weighted by molar-refractivity contribution is -0.150. The van der Waals surface area contributed by atoms with E-state index in [0.717, 1.165) is 12.2 Å². The fraction of sp³-hybridized carbons (Fsp3) is 0.667. The van der Waals surface area contributed by atoms with Crippen LogP contribution in [0.5, 0.6) is 5.88 Å². The Hall–Kier alpha value is -1.85. The normalized spacial score (nSPS) is 17.5. The van der Waals surface area contributed by atoms with Crippen molar-refractivity contribution < 1.29 is 14.6 Å². The number of aliphatic carboxylic acids is 1. The van der Waals surface area contributed by atoms with Crippen LogP contribution in [0, 0.1) is 5.41 Å². The average Bonchev–Trinajstić information content (AvgIpc) is 2.53. The van der Waals surface area contributed by atoms with Gasteiger partial charge in [-0.2, -0.15) is 0 Å². The van der Waals surface area contributed by atoms with E-state index in [4.69, 9.17) is 4.74 Å². The molecule has 1 aliphatic rings. The van der Waals surface area contributed by atoms with Crippen molar-refractivity contribution in [1.29, 1.82) is 0 Å². The van der Waals surface area contributed by atoms with E-state index in [2.05, 4.69) is 14.9 Å². The fourth-order valence-electron chi connectivity index (χ4n) is 2.67. The van der Waals surface area contributed by atoms with E-state index in [1.54, 1.807) is 0 Å². The third-order valence-electron chi connectivity index (χ3n) is 4.26. The Labute approximate surface area is 125 Å². The number of hydrogen-bond acceptors (Lipinski definition) is 5. The van der Waals surface area contributed by atoms with Crippen molar-refractivity contribution in [1.82, 2.24) is 9.97 Å². The number of aromatic nitrogens is 2. The summed E-state index contributed by atoms with van der Waals surface area (Å²) in [5.74, 6) is 0.706. The summed E-state index contributed by atoms with van der Waals surface area (Å²) in [7, 11) is 0. The maximum Gasteiger partial charge on any atom is 0.309 e. The van der Waals surface area contributed by atoms with Crippen LogP contribution in [0.4, 0.5) is 5.82 Å². The fourth-order valence-corrected chi connectivity index (χ4v) is 2.67. The number of carboxylic acids is 1. The van der Waals surface area contributed by atoms with Crippen LogP contribution in [0.2, 0.25) is 0 Å². The number of piperidine rings is 1. The molecule has 1 N–H and O–H groups in total. The van der Waals surface area contributed by atoms with Gasteiger partial charge in [-0.1, -0.05) is 13.8 Å². The molecule has 1 aromatic heterocycles. The summed E-state index contributed by atoms with van der Waals surface area (Å²) in [5.41, 5.74) is -0.578. The van der Waals surface area contributed by atoms with Crippen molar-refractivity contribution in [2.45, 2.75) is 39.5 Å². The molecule has 116 valence electrons. The molecule has 1 aliphatic heterocycles. The second-order valence-corrected chi connectivity index (χ2v) is 5.49. The van der Waals surface area contributed by atoms with Crippen LogP contribution in [-0.2, 0) is 4.79 Å². The highest BCUT2D eigenvalue weighted by molar-refractivity contribution is 5.75. The third kappa shape index (κ3) is 3.43. The molecule has 6 heteroatoms. The van der Waals surface area contributed by atoms with Gasteiger partial charge in [-0.05, 0) is 25.7 Å². The molecule has 0 unspecified atom stereocenters. The first kappa shape index (κ1) is 15.5. The predicted octanol–water partition coefficient (Wildman–Crippen LogP) is 2.35. The van der Waals surface area contributed by atoms with Crippen molar-refractivity contribution in [3.05, 3.63) is 12.4 Å². The van der Waals surface area contributed by atoms with Gasteiger partial charge in [-0.15, -0.1) is 0 Å². The highest BCUT2D eigenvalue weighted by Crippen LogP contribution is 2.36. The molecule has 0 aromatic carbocycles. The number of rotatable bonds is 6. The first-order valence-electron chi connectivity index (χ1n) is 7.54. The van der Waals surface area contributed by atoms with E-state index >= 15 is 0 Å². The van der Waals surface area contributed by atoms with Crippen LogP contribution in [-0.4, -0.2) is 40.7 Å². The average molecular weight is 293 g/mol. The van der Waals surface area contributed by atoms with E-state index in [9.17, 15) is 9.90 Å². The van der Waals surface area contributed by atoms with Gasteiger partial charge in [-0.25, -0.2) is 9.97 Å². The Bertz CT molecular complexity index is 485. The standard InChI is InChI=1S/C15H23N3O3/c1-3-9-21-13-10-12(16-11-17-13)18-7-5-15(4-2,6-8-18)14(19)20/h10-11H,3-9H2,1-2H3,(H,19,20). The van der Waals surface area contributed by atoms with E-state index in [-0.39, 0.29) is 0 Å². The Morgan fingerprint density at radius 3 is 2.67 bits per heavy atom. The summed E-state index contributed by atoms with van der Waals surface area (Å²) < 4.78 is 5.52. The minimum atomic E-state index is -0.681. The van der Waals surface area contributed by atoms with Gasteiger partial charge in [0, 0.05) is 19.2 Å². The van der Waals surface area contributed by atoms with Crippen LogP contribution >= 0.6 is 0 Å². The smallest absolute Gasteiger partial charge is 0.309 e. The maximum atomic E-state index is 11.5. The van der Waals surface area contributed by atoms with Crippen molar-refractivity contribution in [2.24, 2.45) is 5.41 Å². The third-order valence-corrected chi connectivity index (χ3v) is 4.26. The Kier molecular flexibility index (Phi) is 4.98. The summed E-state index contributed by atoms with van der Waals surface area (Å²) in [6, 6.07) is 1.83. The molecule has 0 amide bonds. The van der Waals surface area contributed by atoms with Crippen LogP contribution in [0.1, 0.15) is 39.5 Å². The van der Waals surface area contributed by atoms with E-state index in [1.807, 2.05) is 19.9 Å². The van der Waals surface area contributed by atoms with Crippen LogP contribution in [0.25, 0.3) is 0 Å². The molecular formula is C15H23N3O3. The number of ether oxygens (including phenoxy) is 1. The van der Waals surface area contributed by atoms with Gasteiger partial charge in [0.05, 0.1) is 12.0 Å². The van der Waals surface area contributed by atoms with Gasteiger partial charge < -0.3 is 14.7 Å². The van der Waals surface area contributed by atoms with Crippen molar-refractivity contribution >= 4 is 11.8 Å². The molecule has 21 heavy (non-hydrogen) atoms. The lowest BCUT2D eigenvalue weighted by atomic mass is 9.76. The largest absolute Gasteiger partial charge is 0.481 e. The topological polar surface area (TPSA) is 75.5 Å². The first-order chi connectivity index (χ1) is 10.1. The van der Waals surface area contributed by atoms with E-state index < -0.39 is 11.4 Å². The molecule has 1 fully saturated rings. The SMILES string of the molecule is CCCOc1cc(N2CCC(CC)(C(=O)O)CC2)ncn1. The Morgan fingerprint density at radius 1 is 1.38 bits per heavy atom. The van der Waals surface area contributed by atoms with Crippen molar-refractivity contribution in [3.8, 4) is 5.88 Å². The molecule has 0 aliphatic carbocycles. The van der Waals surface area contributed by atoms with E-state index in [1.165, 1.54) is 6.33 Å². The van der Waals surface area contributed by atoms with Gasteiger partial charge in [0.1, 0.15) is 12.1 Å². The number of nitrogens with zero attached hydrogens (tertiary/aromatic N) is 3. The molecule has 0 saturated carbocycles. The van der Waals surface area contributed by atoms with Gasteiger partial charge in [0.15, 0.2) is 0 Å². The van der Waals surface area contributed by atoms with E-state index in [0.29, 0.717) is 44.8 Å². The molecule has 1 aromatic rings. The maximum absolute atomic E-state index is 11.5. The molecular weight excluding hydrogens is 270 g/mol. The Balaban J connectivity index is 2.03. The number of carboxylic acid groups (broad SMARTS) is 1. The van der Waals surface area contributed by atoms with Gasteiger partial charge in [-0.3, -0.25) is 4.79 Å². The molecule has 2 heterocycles. The summed E-state index contributed by atoms with van der Waals surface area (Å²) in [6.45, 7) is 6.03. The zero-order chi connectivity index (χ0) is 15.3. The van der Waals surface area contributed by atoms with Crippen LogP contribution in [0.3, 0.4) is 0 Å². The molecule has 2 rings (SSSR count). The monoisotopic (exact) mass is 293 g/mol. The zero-order valence-corrected chi connectivity index (χ0v) is 12.7. The Morgan fingerprint density at radius 2 is 2.10 bits per heavy atom.